The Bertz CT molecular complexity index is 857. The smallest absolute Gasteiger partial charge is 0.310 e. The van der Waals surface area contributed by atoms with Crippen LogP contribution in [0.5, 0.6) is 0 Å². The van der Waals surface area contributed by atoms with E-state index in [4.69, 9.17) is 4.74 Å². The number of carbonyl (C=O) groups excluding carboxylic acids is 1. The second-order valence-electron chi connectivity index (χ2n) is 8.10. The molecule has 0 radical (unpaired) electrons. The molecule has 0 spiro atoms. The second kappa shape index (κ2) is 11.5. The number of sulfonamides is 1. The molecule has 2 atom stereocenters. The average molecular weight is 564 g/mol. The maximum Gasteiger partial charge on any atom is 0.310 e. The molecule has 2 aliphatic rings. The number of aliphatic imine (C=N–C) groups is 1. The molecule has 174 valence electrons. The van der Waals surface area contributed by atoms with E-state index in [2.05, 4.69) is 22.1 Å². The number of halogens is 1. The van der Waals surface area contributed by atoms with Gasteiger partial charge in [0.15, 0.2) is 5.96 Å². The summed E-state index contributed by atoms with van der Waals surface area (Å²) >= 11 is 0. The molecule has 0 bridgehead atoms. The summed E-state index contributed by atoms with van der Waals surface area (Å²) in [4.78, 5) is 18.8. The van der Waals surface area contributed by atoms with Gasteiger partial charge in [0.25, 0.3) is 0 Å². The van der Waals surface area contributed by atoms with Gasteiger partial charge in [-0.2, -0.15) is 4.31 Å². The lowest BCUT2D eigenvalue weighted by molar-refractivity contribution is -0.145. The number of benzene rings is 1. The van der Waals surface area contributed by atoms with Gasteiger partial charge in [-0.3, -0.25) is 9.79 Å². The van der Waals surface area contributed by atoms with Crippen LogP contribution in [0.15, 0.2) is 40.2 Å². The zero-order valence-electron chi connectivity index (χ0n) is 18.4. The van der Waals surface area contributed by atoms with Gasteiger partial charge in [-0.05, 0) is 36.8 Å². The molecule has 10 heteroatoms. The minimum atomic E-state index is -3.42. The third kappa shape index (κ3) is 6.10. The minimum absolute atomic E-state index is 0. The van der Waals surface area contributed by atoms with Crippen LogP contribution in [0.25, 0.3) is 0 Å². The highest BCUT2D eigenvalue weighted by Crippen LogP contribution is 2.25. The Morgan fingerprint density at radius 1 is 1.19 bits per heavy atom. The summed E-state index contributed by atoms with van der Waals surface area (Å²) in [7, 11) is -0.251. The minimum Gasteiger partial charge on any atom is -0.469 e. The Hall–Kier alpha value is -1.40. The van der Waals surface area contributed by atoms with E-state index in [1.54, 1.807) is 35.6 Å². The zero-order chi connectivity index (χ0) is 21.7. The molecule has 1 aromatic carbocycles. The number of nitrogens with one attached hydrogen (secondary N) is 1. The van der Waals surface area contributed by atoms with Crippen molar-refractivity contribution < 1.29 is 17.9 Å². The van der Waals surface area contributed by atoms with Gasteiger partial charge < -0.3 is 15.0 Å². The van der Waals surface area contributed by atoms with Crippen molar-refractivity contribution in [2.45, 2.75) is 24.7 Å². The first-order valence-corrected chi connectivity index (χ1v) is 11.9. The number of likely N-dealkylation sites (tertiary alicyclic amines) is 1. The van der Waals surface area contributed by atoms with Crippen LogP contribution in [0.1, 0.15) is 19.8 Å². The number of ether oxygens (including phenoxy) is 1. The van der Waals surface area contributed by atoms with E-state index in [9.17, 15) is 13.2 Å². The van der Waals surface area contributed by atoms with Crippen LogP contribution in [0.2, 0.25) is 0 Å². The molecule has 0 aliphatic carbocycles. The molecule has 0 aromatic heterocycles. The standard InChI is InChI=1S/C21H32N4O4S.HI/c1-16-14-24(15-19(16)20(26)29-3)21(22-2)23-13-17-9-11-25(12-10-17)30(27,28)18-7-5-4-6-8-18;/h4-8,16-17,19H,9-15H2,1-3H3,(H,22,23);1H. The van der Waals surface area contributed by atoms with Crippen LogP contribution in [0.4, 0.5) is 0 Å². The first-order chi connectivity index (χ1) is 14.4. The average Bonchev–Trinajstić information content (AvgIpc) is 3.16. The number of piperidine rings is 1. The fourth-order valence-electron chi connectivity index (χ4n) is 4.26. The molecule has 0 amide bonds. The molecular weight excluding hydrogens is 531 g/mol. The summed E-state index contributed by atoms with van der Waals surface area (Å²) in [6.07, 6.45) is 1.61. The van der Waals surface area contributed by atoms with Crippen molar-refractivity contribution in [1.29, 1.82) is 0 Å². The third-order valence-corrected chi connectivity index (χ3v) is 8.04. The molecule has 2 unspecified atom stereocenters. The lowest BCUT2D eigenvalue weighted by Crippen LogP contribution is -2.45. The predicted octanol–water partition coefficient (Wildman–Crippen LogP) is 2.02. The number of rotatable bonds is 5. The number of guanidine groups is 1. The zero-order valence-corrected chi connectivity index (χ0v) is 21.5. The monoisotopic (exact) mass is 564 g/mol. The molecule has 2 saturated heterocycles. The Kier molecular flexibility index (Phi) is 9.56. The van der Waals surface area contributed by atoms with Gasteiger partial charge in [0.05, 0.1) is 17.9 Å². The van der Waals surface area contributed by atoms with E-state index in [-0.39, 0.29) is 41.8 Å². The second-order valence-corrected chi connectivity index (χ2v) is 10.0. The summed E-state index contributed by atoms with van der Waals surface area (Å²) in [5, 5.41) is 3.42. The molecule has 31 heavy (non-hydrogen) atoms. The van der Waals surface area contributed by atoms with Crippen molar-refractivity contribution in [2.75, 3.05) is 46.9 Å². The molecule has 1 N–H and O–H groups in total. The van der Waals surface area contributed by atoms with E-state index in [1.165, 1.54) is 7.11 Å². The van der Waals surface area contributed by atoms with Gasteiger partial charge in [0.2, 0.25) is 10.0 Å². The van der Waals surface area contributed by atoms with Crippen molar-refractivity contribution in [3.63, 3.8) is 0 Å². The summed E-state index contributed by atoms with van der Waals surface area (Å²) in [5.74, 6) is 1.06. The molecule has 0 saturated carbocycles. The third-order valence-electron chi connectivity index (χ3n) is 6.13. The molecule has 2 aliphatic heterocycles. The van der Waals surface area contributed by atoms with E-state index in [1.807, 2.05) is 6.07 Å². The number of nitrogens with zero attached hydrogens (tertiary/aromatic N) is 3. The van der Waals surface area contributed by atoms with Crippen LogP contribution in [-0.2, 0) is 19.6 Å². The SMILES string of the molecule is CN=C(NCC1CCN(S(=O)(=O)c2ccccc2)CC1)N1CC(C)C(C(=O)OC)C1.I. The maximum atomic E-state index is 12.8. The van der Waals surface area contributed by atoms with E-state index in [0.29, 0.717) is 30.4 Å². The number of carbonyl (C=O) groups is 1. The van der Waals surface area contributed by atoms with Gasteiger partial charge in [-0.25, -0.2) is 8.42 Å². The topological polar surface area (TPSA) is 91.3 Å². The molecule has 2 fully saturated rings. The fourth-order valence-corrected chi connectivity index (χ4v) is 5.75. The van der Waals surface area contributed by atoms with Crippen molar-refractivity contribution >= 4 is 45.9 Å². The van der Waals surface area contributed by atoms with Crippen LogP contribution in [-0.4, -0.2) is 76.4 Å². The number of methoxy groups -OCH3 is 1. The Morgan fingerprint density at radius 3 is 2.42 bits per heavy atom. The maximum absolute atomic E-state index is 12.8. The van der Waals surface area contributed by atoms with Crippen LogP contribution >= 0.6 is 24.0 Å². The predicted molar refractivity (Wildman–Crippen MR) is 131 cm³/mol. The molecule has 2 heterocycles. The largest absolute Gasteiger partial charge is 0.469 e. The summed E-state index contributed by atoms with van der Waals surface area (Å²) < 4.78 is 32.0. The van der Waals surface area contributed by atoms with E-state index < -0.39 is 10.0 Å². The molecular formula is C21H33IN4O4S. The van der Waals surface area contributed by atoms with E-state index in [0.717, 1.165) is 31.9 Å². The van der Waals surface area contributed by atoms with Crippen LogP contribution in [0, 0.1) is 17.8 Å². The fraction of sp³-hybridized carbons (Fsp3) is 0.619. The van der Waals surface area contributed by atoms with Crippen LogP contribution < -0.4 is 5.32 Å². The van der Waals surface area contributed by atoms with Crippen molar-refractivity contribution in [3.8, 4) is 0 Å². The normalized spacial score (nSPS) is 23.3. The van der Waals surface area contributed by atoms with Crippen molar-refractivity contribution in [2.24, 2.45) is 22.7 Å². The van der Waals surface area contributed by atoms with Gasteiger partial charge >= 0.3 is 5.97 Å². The first-order valence-electron chi connectivity index (χ1n) is 10.5. The summed E-state index contributed by atoms with van der Waals surface area (Å²) in [5.41, 5.74) is 0. The lowest BCUT2D eigenvalue weighted by atomic mass is 9.98. The van der Waals surface area contributed by atoms with Gasteiger partial charge in [0.1, 0.15) is 0 Å². The Balaban J connectivity index is 0.00000341. The highest BCUT2D eigenvalue weighted by Gasteiger charge is 2.37. The van der Waals surface area contributed by atoms with Crippen molar-refractivity contribution in [3.05, 3.63) is 30.3 Å². The summed E-state index contributed by atoms with van der Waals surface area (Å²) in [6.45, 7) is 5.19. The highest BCUT2D eigenvalue weighted by molar-refractivity contribution is 14.0. The lowest BCUT2D eigenvalue weighted by Gasteiger charge is -2.32. The van der Waals surface area contributed by atoms with E-state index >= 15 is 0 Å². The van der Waals surface area contributed by atoms with Crippen molar-refractivity contribution in [1.82, 2.24) is 14.5 Å². The summed E-state index contributed by atoms with van der Waals surface area (Å²) in [6, 6.07) is 8.60. The number of esters is 1. The van der Waals surface area contributed by atoms with Gasteiger partial charge in [0, 0.05) is 39.8 Å². The van der Waals surface area contributed by atoms with Crippen LogP contribution in [0.3, 0.4) is 0 Å². The van der Waals surface area contributed by atoms with Gasteiger partial charge in [-0.15, -0.1) is 24.0 Å². The highest BCUT2D eigenvalue weighted by atomic mass is 127. The molecule has 8 nitrogen and oxygen atoms in total. The van der Waals surface area contributed by atoms with Gasteiger partial charge in [-0.1, -0.05) is 25.1 Å². The quantitative estimate of drug-likeness (QED) is 0.255. The molecule has 3 rings (SSSR count). The number of hydrogen-bond donors (Lipinski definition) is 1. The Labute approximate surface area is 202 Å². The number of hydrogen-bond acceptors (Lipinski definition) is 5. The Morgan fingerprint density at radius 2 is 1.84 bits per heavy atom. The first kappa shape index (κ1) is 25.9. The molecule has 1 aromatic rings.